The Morgan fingerprint density at radius 1 is 1.10 bits per heavy atom. The Labute approximate surface area is 133 Å². The van der Waals surface area contributed by atoms with E-state index in [-0.39, 0.29) is 12.1 Å². The molecule has 1 aliphatic heterocycles. The van der Waals surface area contributed by atoms with Gasteiger partial charge in [0.1, 0.15) is 5.60 Å². The van der Waals surface area contributed by atoms with Crippen LogP contribution in [0.25, 0.3) is 0 Å². The van der Waals surface area contributed by atoms with Crippen LogP contribution >= 0.6 is 11.8 Å². The van der Waals surface area contributed by atoms with Gasteiger partial charge in [0.25, 0.3) is 0 Å². The fraction of sp³-hybridized carbons (Fsp3) is 0.938. The molecule has 1 saturated carbocycles. The van der Waals surface area contributed by atoms with Crippen LogP contribution in [0.5, 0.6) is 0 Å². The highest BCUT2D eigenvalue weighted by molar-refractivity contribution is 7.99. The van der Waals surface area contributed by atoms with E-state index in [1.807, 2.05) is 32.5 Å². The van der Waals surface area contributed by atoms with Gasteiger partial charge in [0.05, 0.1) is 0 Å². The van der Waals surface area contributed by atoms with Gasteiger partial charge in [-0.1, -0.05) is 19.3 Å². The highest BCUT2D eigenvalue weighted by Crippen LogP contribution is 2.23. The minimum atomic E-state index is -0.431. The lowest BCUT2D eigenvalue weighted by molar-refractivity contribution is 0.0488. The van der Waals surface area contributed by atoms with Gasteiger partial charge in [-0.25, -0.2) is 4.79 Å². The number of nitrogens with one attached hydrogen (secondary N) is 2. The summed E-state index contributed by atoms with van der Waals surface area (Å²) in [4.78, 5) is 12.1. The summed E-state index contributed by atoms with van der Waals surface area (Å²) >= 11 is 2.02. The molecule has 1 heterocycles. The second-order valence-corrected chi connectivity index (χ2v) is 8.37. The van der Waals surface area contributed by atoms with E-state index >= 15 is 0 Å². The van der Waals surface area contributed by atoms with Crippen LogP contribution < -0.4 is 10.6 Å². The van der Waals surface area contributed by atoms with E-state index in [0.29, 0.717) is 12.1 Å². The van der Waals surface area contributed by atoms with Gasteiger partial charge >= 0.3 is 6.09 Å². The number of amides is 1. The molecule has 1 aliphatic carbocycles. The third kappa shape index (κ3) is 6.07. The van der Waals surface area contributed by atoms with Gasteiger partial charge in [-0.15, -0.1) is 0 Å². The second-order valence-electron chi connectivity index (χ2n) is 7.22. The molecule has 0 aromatic heterocycles. The zero-order valence-electron chi connectivity index (χ0n) is 13.6. The number of rotatable bonds is 3. The van der Waals surface area contributed by atoms with Crippen molar-refractivity contribution in [2.45, 2.75) is 83.0 Å². The first-order chi connectivity index (χ1) is 9.94. The van der Waals surface area contributed by atoms with Crippen molar-refractivity contribution in [3.63, 3.8) is 0 Å². The van der Waals surface area contributed by atoms with Gasteiger partial charge in [0.15, 0.2) is 0 Å². The molecular formula is C16H30N2O2S. The summed E-state index contributed by atoms with van der Waals surface area (Å²) in [6.07, 6.45) is 6.90. The normalized spacial score (nSPS) is 30.7. The Morgan fingerprint density at radius 2 is 1.81 bits per heavy atom. The van der Waals surface area contributed by atoms with Gasteiger partial charge in [-0.05, 0) is 45.8 Å². The fourth-order valence-electron chi connectivity index (χ4n) is 3.11. The van der Waals surface area contributed by atoms with E-state index in [4.69, 9.17) is 4.74 Å². The van der Waals surface area contributed by atoms with Crippen molar-refractivity contribution in [1.82, 2.24) is 10.6 Å². The predicted octanol–water partition coefficient (Wildman–Crippen LogP) is 3.31. The molecule has 4 nitrogen and oxygen atoms in total. The molecule has 122 valence electrons. The second kappa shape index (κ2) is 7.73. The molecule has 0 radical (unpaired) electrons. The summed E-state index contributed by atoms with van der Waals surface area (Å²) in [5.41, 5.74) is -0.431. The van der Waals surface area contributed by atoms with Crippen molar-refractivity contribution in [1.29, 1.82) is 0 Å². The van der Waals surface area contributed by atoms with E-state index in [0.717, 1.165) is 12.8 Å². The standard InChI is InChI=1S/C16H30N2O2S/c1-16(2,3)20-15(19)18-14-8-6-4-5-7-13(14)17-12-9-10-21-11-12/h12-14,17H,4-11H2,1-3H3,(H,18,19). The maximum atomic E-state index is 12.1. The Bertz CT molecular complexity index is 338. The summed E-state index contributed by atoms with van der Waals surface area (Å²) in [7, 11) is 0. The average molecular weight is 314 g/mol. The lowest BCUT2D eigenvalue weighted by atomic mass is 10.0. The topological polar surface area (TPSA) is 50.4 Å². The number of carbonyl (C=O) groups excluding carboxylic acids is 1. The van der Waals surface area contributed by atoms with Crippen LogP contribution in [-0.2, 0) is 4.74 Å². The number of hydrogen-bond acceptors (Lipinski definition) is 4. The molecule has 5 heteroatoms. The lowest BCUT2D eigenvalue weighted by Gasteiger charge is -2.30. The molecule has 3 atom stereocenters. The molecule has 3 unspecified atom stereocenters. The zero-order valence-corrected chi connectivity index (χ0v) is 14.4. The van der Waals surface area contributed by atoms with E-state index in [1.54, 1.807) is 0 Å². The quantitative estimate of drug-likeness (QED) is 0.785. The van der Waals surface area contributed by atoms with Gasteiger partial charge < -0.3 is 15.4 Å². The molecule has 0 bridgehead atoms. The van der Waals surface area contributed by atoms with Crippen molar-refractivity contribution >= 4 is 17.9 Å². The fourth-order valence-corrected chi connectivity index (χ4v) is 4.27. The van der Waals surface area contributed by atoms with Crippen molar-refractivity contribution in [2.75, 3.05) is 11.5 Å². The smallest absolute Gasteiger partial charge is 0.407 e. The average Bonchev–Trinajstić information content (AvgIpc) is 2.77. The van der Waals surface area contributed by atoms with E-state index in [2.05, 4.69) is 10.6 Å². The number of thioether (sulfide) groups is 1. The summed E-state index contributed by atoms with van der Waals surface area (Å²) < 4.78 is 5.42. The van der Waals surface area contributed by atoms with E-state index in [9.17, 15) is 4.79 Å². The van der Waals surface area contributed by atoms with Crippen molar-refractivity contribution < 1.29 is 9.53 Å². The van der Waals surface area contributed by atoms with Crippen LogP contribution in [0.15, 0.2) is 0 Å². The molecule has 1 amide bonds. The minimum absolute atomic E-state index is 0.202. The molecule has 0 aromatic rings. The monoisotopic (exact) mass is 314 g/mol. The first-order valence-corrected chi connectivity index (χ1v) is 9.43. The molecular weight excluding hydrogens is 284 g/mol. The van der Waals surface area contributed by atoms with Gasteiger partial charge in [-0.2, -0.15) is 11.8 Å². The van der Waals surface area contributed by atoms with Crippen molar-refractivity contribution in [2.24, 2.45) is 0 Å². The highest BCUT2D eigenvalue weighted by atomic mass is 32.2. The minimum Gasteiger partial charge on any atom is -0.444 e. The number of ether oxygens (including phenoxy) is 1. The van der Waals surface area contributed by atoms with Gasteiger partial charge in [-0.3, -0.25) is 0 Å². The summed E-state index contributed by atoms with van der Waals surface area (Å²) in [5, 5.41) is 6.89. The van der Waals surface area contributed by atoms with E-state index in [1.165, 1.54) is 37.2 Å². The molecule has 2 fully saturated rings. The summed E-state index contributed by atoms with van der Waals surface area (Å²) in [6.45, 7) is 5.72. The number of carbonyl (C=O) groups is 1. The first kappa shape index (κ1) is 16.9. The van der Waals surface area contributed by atoms with Gasteiger partial charge in [0, 0.05) is 23.9 Å². The summed E-state index contributed by atoms with van der Waals surface area (Å²) in [6, 6.07) is 1.21. The zero-order chi connectivity index (χ0) is 15.3. The maximum Gasteiger partial charge on any atom is 0.407 e. The Kier molecular flexibility index (Phi) is 6.23. The van der Waals surface area contributed by atoms with Crippen LogP contribution in [0, 0.1) is 0 Å². The molecule has 2 rings (SSSR count). The van der Waals surface area contributed by atoms with Crippen molar-refractivity contribution in [3.8, 4) is 0 Å². The van der Waals surface area contributed by atoms with Crippen molar-refractivity contribution in [3.05, 3.63) is 0 Å². The third-order valence-electron chi connectivity index (χ3n) is 4.10. The largest absolute Gasteiger partial charge is 0.444 e. The Hall–Kier alpha value is -0.420. The van der Waals surface area contributed by atoms with Crippen LogP contribution in [0.3, 0.4) is 0 Å². The summed E-state index contributed by atoms with van der Waals surface area (Å²) in [5.74, 6) is 2.46. The molecule has 2 N–H and O–H groups in total. The predicted molar refractivity (Wildman–Crippen MR) is 88.9 cm³/mol. The lowest BCUT2D eigenvalue weighted by Crippen LogP contribution is -2.53. The third-order valence-corrected chi connectivity index (χ3v) is 5.26. The molecule has 1 saturated heterocycles. The molecule has 2 aliphatic rings. The molecule has 0 spiro atoms. The molecule has 0 aromatic carbocycles. The Balaban J connectivity index is 1.90. The first-order valence-electron chi connectivity index (χ1n) is 8.27. The van der Waals surface area contributed by atoms with Crippen LogP contribution in [0.2, 0.25) is 0 Å². The van der Waals surface area contributed by atoms with Gasteiger partial charge in [0.2, 0.25) is 0 Å². The SMILES string of the molecule is CC(C)(C)OC(=O)NC1CCCCCC1NC1CCSC1. The van der Waals surface area contributed by atoms with Crippen LogP contribution in [0.1, 0.15) is 59.3 Å². The number of alkyl carbamates (subject to hydrolysis) is 1. The van der Waals surface area contributed by atoms with Crippen LogP contribution in [0.4, 0.5) is 4.79 Å². The maximum absolute atomic E-state index is 12.1. The highest BCUT2D eigenvalue weighted by Gasteiger charge is 2.29. The van der Waals surface area contributed by atoms with E-state index < -0.39 is 5.60 Å². The Morgan fingerprint density at radius 3 is 2.43 bits per heavy atom. The molecule has 21 heavy (non-hydrogen) atoms. The number of hydrogen-bond donors (Lipinski definition) is 2. The van der Waals surface area contributed by atoms with Crippen LogP contribution in [-0.4, -0.2) is 41.3 Å².